The van der Waals surface area contributed by atoms with Crippen molar-refractivity contribution in [3.63, 3.8) is 0 Å². The molecule has 0 aliphatic heterocycles. The van der Waals surface area contributed by atoms with E-state index in [4.69, 9.17) is 11.1 Å². The van der Waals surface area contributed by atoms with Crippen molar-refractivity contribution >= 4 is 18.2 Å². The lowest BCUT2D eigenvalue weighted by molar-refractivity contribution is 0.612. The molecule has 2 nitrogen and oxygen atoms in total. The van der Waals surface area contributed by atoms with Crippen LogP contribution < -0.4 is 5.73 Å². The van der Waals surface area contributed by atoms with Crippen LogP contribution in [0.4, 0.5) is 4.39 Å². The van der Waals surface area contributed by atoms with E-state index in [-0.39, 0.29) is 24.1 Å². The van der Waals surface area contributed by atoms with E-state index in [9.17, 15) is 4.39 Å². The minimum Gasteiger partial charge on any atom is -0.384 e. The van der Waals surface area contributed by atoms with Crippen LogP contribution in [0.1, 0.15) is 18.1 Å². The summed E-state index contributed by atoms with van der Waals surface area (Å²) < 4.78 is 12.9. The Bertz CT molecular complexity index is 312. The smallest absolute Gasteiger partial charge is 0.126 e. The van der Waals surface area contributed by atoms with Crippen molar-refractivity contribution in [1.29, 1.82) is 5.41 Å². The molecule has 0 aliphatic rings. The molecule has 0 saturated carbocycles. The van der Waals surface area contributed by atoms with Crippen LogP contribution >= 0.6 is 12.4 Å². The van der Waals surface area contributed by atoms with Gasteiger partial charge < -0.3 is 5.73 Å². The zero-order chi connectivity index (χ0) is 9.14. The van der Waals surface area contributed by atoms with E-state index in [0.717, 1.165) is 0 Å². The Hall–Kier alpha value is -1.09. The average Bonchev–Trinajstić information content (AvgIpc) is 2.05. The molecule has 0 radical (unpaired) electrons. The number of nitrogens with two attached hydrogens (primary N) is 1. The van der Waals surface area contributed by atoms with Crippen LogP contribution in [0.15, 0.2) is 18.2 Å². The third-order valence-electron chi connectivity index (χ3n) is 1.74. The van der Waals surface area contributed by atoms with E-state index in [1.807, 2.05) is 6.92 Å². The first kappa shape index (κ1) is 11.9. The van der Waals surface area contributed by atoms with E-state index in [0.29, 0.717) is 17.5 Å². The molecule has 0 aromatic heterocycles. The zero-order valence-electron chi connectivity index (χ0n) is 7.30. The lowest BCUT2D eigenvalue weighted by atomic mass is 10.1. The van der Waals surface area contributed by atoms with Gasteiger partial charge in [0.05, 0.1) is 0 Å². The van der Waals surface area contributed by atoms with Crippen molar-refractivity contribution in [3.05, 3.63) is 35.1 Å². The van der Waals surface area contributed by atoms with Crippen molar-refractivity contribution in [1.82, 2.24) is 0 Å². The van der Waals surface area contributed by atoms with Crippen molar-refractivity contribution < 1.29 is 4.39 Å². The molecule has 1 aromatic carbocycles. The predicted octanol–water partition coefficient (Wildman–Crippen LogP) is 2.09. The van der Waals surface area contributed by atoms with Crippen LogP contribution in [0, 0.1) is 11.2 Å². The van der Waals surface area contributed by atoms with Crippen molar-refractivity contribution in [2.75, 3.05) is 0 Å². The van der Waals surface area contributed by atoms with Gasteiger partial charge in [0.1, 0.15) is 11.7 Å². The summed E-state index contributed by atoms with van der Waals surface area (Å²) in [4.78, 5) is 0. The molecule has 0 spiro atoms. The molecule has 0 fully saturated rings. The third kappa shape index (κ3) is 2.70. The largest absolute Gasteiger partial charge is 0.384 e. The molecule has 72 valence electrons. The van der Waals surface area contributed by atoms with E-state index in [2.05, 4.69) is 0 Å². The molecule has 13 heavy (non-hydrogen) atoms. The Balaban J connectivity index is 0.00000144. The number of nitrogen functional groups attached to an aromatic ring is 1. The summed E-state index contributed by atoms with van der Waals surface area (Å²) >= 11 is 0. The molecule has 0 heterocycles. The van der Waals surface area contributed by atoms with Gasteiger partial charge in [-0.3, -0.25) is 5.41 Å². The summed E-state index contributed by atoms with van der Waals surface area (Å²) in [5, 5.41) is 7.13. The molecule has 0 unspecified atom stereocenters. The van der Waals surface area contributed by atoms with Gasteiger partial charge in [-0.25, -0.2) is 4.39 Å². The first-order chi connectivity index (χ1) is 5.65. The van der Waals surface area contributed by atoms with E-state index >= 15 is 0 Å². The average molecular weight is 203 g/mol. The second-order valence-electron chi connectivity index (χ2n) is 2.57. The number of halogens is 2. The molecule has 1 aromatic rings. The van der Waals surface area contributed by atoms with Crippen LogP contribution in [0.25, 0.3) is 0 Å². The summed E-state index contributed by atoms with van der Waals surface area (Å²) in [6, 6.07) is 4.46. The first-order valence-corrected chi connectivity index (χ1v) is 3.78. The van der Waals surface area contributed by atoms with Gasteiger partial charge in [0.15, 0.2) is 0 Å². The highest BCUT2D eigenvalue weighted by molar-refractivity contribution is 5.95. The number of hydrogen-bond donors (Lipinski definition) is 2. The Morgan fingerprint density at radius 3 is 2.62 bits per heavy atom. The molecular weight excluding hydrogens is 191 g/mol. The van der Waals surface area contributed by atoms with Crippen molar-refractivity contribution in [2.45, 2.75) is 13.3 Å². The van der Waals surface area contributed by atoms with Gasteiger partial charge in [-0.1, -0.05) is 6.92 Å². The third-order valence-corrected chi connectivity index (χ3v) is 1.74. The van der Waals surface area contributed by atoms with E-state index in [1.54, 1.807) is 6.07 Å². The monoisotopic (exact) mass is 202 g/mol. The second kappa shape index (κ2) is 4.82. The Kier molecular flexibility index (Phi) is 4.42. The van der Waals surface area contributed by atoms with Gasteiger partial charge in [-0.05, 0) is 30.2 Å². The highest BCUT2D eigenvalue weighted by Crippen LogP contribution is 2.10. The zero-order valence-corrected chi connectivity index (χ0v) is 8.12. The summed E-state index contributed by atoms with van der Waals surface area (Å²) in [5.74, 6) is -0.257. The summed E-state index contributed by atoms with van der Waals surface area (Å²) in [6.07, 6.45) is 0.618. The lowest BCUT2D eigenvalue weighted by Crippen LogP contribution is -2.11. The SMILES string of the molecule is CCc1cc(C(=N)N)ccc1F.Cl. The molecule has 1 rings (SSSR count). The van der Waals surface area contributed by atoms with Crippen LogP contribution in [0.5, 0.6) is 0 Å². The Morgan fingerprint density at radius 1 is 1.54 bits per heavy atom. The molecular formula is C9H12ClFN2. The molecule has 3 N–H and O–H groups in total. The van der Waals surface area contributed by atoms with Gasteiger partial charge in [0.2, 0.25) is 0 Å². The maximum absolute atomic E-state index is 12.9. The summed E-state index contributed by atoms with van der Waals surface area (Å²) in [6.45, 7) is 1.86. The van der Waals surface area contributed by atoms with Crippen molar-refractivity contribution in [3.8, 4) is 0 Å². The minimum atomic E-state index is -0.234. The topological polar surface area (TPSA) is 49.9 Å². The normalized spacial score (nSPS) is 9.08. The van der Waals surface area contributed by atoms with Crippen LogP contribution in [0.2, 0.25) is 0 Å². The van der Waals surface area contributed by atoms with Gasteiger partial charge in [-0.15, -0.1) is 12.4 Å². The number of benzene rings is 1. The minimum absolute atomic E-state index is 0. The van der Waals surface area contributed by atoms with Gasteiger partial charge in [0.25, 0.3) is 0 Å². The quantitative estimate of drug-likeness (QED) is 0.560. The molecule has 0 saturated heterocycles. The summed E-state index contributed by atoms with van der Waals surface area (Å²) in [5.41, 5.74) is 6.43. The van der Waals surface area contributed by atoms with Gasteiger partial charge in [0, 0.05) is 5.56 Å². The lowest BCUT2D eigenvalue weighted by Gasteiger charge is -2.02. The number of amidine groups is 1. The van der Waals surface area contributed by atoms with Crippen LogP contribution in [-0.4, -0.2) is 5.84 Å². The molecule has 0 amide bonds. The van der Waals surface area contributed by atoms with E-state index in [1.165, 1.54) is 12.1 Å². The first-order valence-electron chi connectivity index (χ1n) is 3.78. The van der Waals surface area contributed by atoms with Crippen LogP contribution in [-0.2, 0) is 6.42 Å². The summed E-state index contributed by atoms with van der Waals surface area (Å²) in [7, 11) is 0. The predicted molar refractivity (Wildman–Crippen MR) is 54.0 cm³/mol. The Morgan fingerprint density at radius 2 is 2.15 bits per heavy atom. The standard InChI is InChI=1S/C9H11FN2.ClH/c1-2-6-5-7(9(11)12)3-4-8(6)10;/h3-5H,2H2,1H3,(H3,11,12);1H. The maximum atomic E-state index is 12.9. The molecule has 0 bridgehead atoms. The fraction of sp³-hybridized carbons (Fsp3) is 0.222. The molecule has 0 aliphatic carbocycles. The van der Waals surface area contributed by atoms with Gasteiger partial charge >= 0.3 is 0 Å². The maximum Gasteiger partial charge on any atom is 0.126 e. The fourth-order valence-electron chi connectivity index (χ4n) is 1.01. The second-order valence-corrected chi connectivity index (χ2v) is 2.57. The van der Waals surface area contributed by atoms with Crippen LogP contribution in [0.3, 0.4) is 0 Å². The molecule has 0 atom stereocenters. The number of rotatable bonds is 2. The Labute approximate surface area is 82.9 Å². The highest BCUT2D eigenvalue weighted by atomic mass is 35.5. The van der Waals surface area contributed by atoms with E-state index < -0.39 is 0 Å². The highest BCUT2D eigenvalue weighted by Gasteiger charge is 2.02. The molecule has 4 heteroatoms. The van der Waals surface area contributed by atoms with Gasteiger partial charge in [-0.2, -0.15) is 0 Å². The number of hydrogen-bond acceptors (Lipinski definition) is 1. The van der Waals surface area contributed by atoms with Crippen molar-refractivity contribution in [2.24, 2.45) is 5.73 Å². The number of nitrogens with one attached hydrogen (secondary N) is 1. The fourth-order valence-corrected chi connectivity index (χ4v) is 1.01. The number of aryl methyl sites for hydroxylation is 1.